The molecule has 0 fully saturated rings. The molecule has 24 heavy (non-hydrogen) atoms. The van der Waals surface area contributed by atoms with Gasteiger partial charge in [0, 0.05) is 19.0 Å². The molecule has 124 valence electrons. The van der Waals surface area contributed by atoms with Gasteiger partial charge in [-0.25, -0.2) is 4.79 Å². The molecule has 3 aromatic rings. The first-order chi connectivity index (χ1) is 11.6. The Kier molecular flexibility index (Phi) is 4.88. The summed E-state index contributed by atoms with van der Waals surface area (Å²) in [5.41, 5.74) is 1.99. The number of nitrogens with one attached hydrogen (secondary N) is 2. The van der Waals surface area contributed by atoms with Crippen molar-refractivity contribution < 1.29 is 14.4 Å². The number of aliphatic hydroxyl groups excluding tert-OH is 1. The number of carbonyl (C=O) groups is 1. The quantitative estimate of drug-likeness (QED) is 0.661. The van der Waals surface area contributed by atoms with Crippen LogP contribution in [0.2, 0.25) is 0 Å². The summed E-state index contributed by atoms with van der Waals surface area (Å²) in [6, 6.07) is 8.56. The molecule has 2 heterocycles. The minimum atomic E-state index is -0.739. The maximum Gasteiger partial charge on any atom is 0.319 e. The summed E-state index contributed by atoms with van der Waals surface area (Å²) >= 11 is 1.50. The number of anilines is 1. The first kappa shape index (κ1) is 16.2. The highest BCUT2D eigenvalue weighted by Crippen LogP contribution is 2.25. The van der Waals surface area contributed by atoms with E-state index < -0.39 is 12.1 Å². The molecule has 0 aliphatic carbocycles. The molecular formula is C16H16N4O3S. The zero-order valence-electron chi connectivity index (χ0n) is 12.9. The van der Waals surface area contributed by atoms with E-state index in [4.69, 9.17) is 4.52 Å². The summed E-state index contributed by atoms with van der Waals surface area (Å²) in [5.74, 6) is 0.852. The van der Waals surface area contributed by atoms with Gasteiger partial charge in [0.2, 0.25) is 11.7 Å². The summed E-state index contributed by atoms with van der Waals surface area (Å²) in [6.07, 6.45) is -0.739. The van der Waals surface area contributed by atoms with Crippen LogP contribution in [-0.2, 0) is 0 Å². The highest BCUT2D eigenvalue weighted by Gasteiger charge is 2.14. The van der Waals surface area contributed by atoms with E-state index in [0.717, 1.165) is 5.56 Å². The Hall–Kier alpha value is -2.71. The van der Waals surface area contributed by atoms with Gasteiger partial charge < -0.3 is 20.3 Å². The van der Waals surface area contributed by atoms with E-state index in [1.54, 1.807) is 25.1 Å². The van der Waals surface area contributed by atoms with Gasteiger partial charge in [0.25, 0.3) is 0 Å². The molecule has 1 unspecified atom stereocenters. The molecule has 8 heteroatoms. The van der Waals surface area contributed by atoms with Crippen molar-refractivity contribution >= 4 is 23.1 Å². The van der Waals surface area contributed by atoms with Crippen molar-refractivity contribution in [2.75, 3.05) is 11.9 Å². The number of hydrogen-bond acceptors (Lipinski definition) is 6. The molecule has 0 spiro atoms. The maximum atomic E-state index is 12.1. The van der Waals surface area contributed by atoms with Crippen LogP contribution in [0.5, 0.6) is 0 Å². The largest absolute Gasteiger partial charge is 0.387 e. The Morgan fingerprint density at radius 2 is 2.21 bits per heavy atom. The second-order valence-electron chi connectivity index (χ2n) is 5.09. The number of aromatic nitrogens is 2. The number of rotatable bonds is 5. The van der Waals surface area contributed by atoms with Gasteiger partial charge in [0.1, 0.15) is 0 Å². The second-order valence-corrected chi connectivity index (χ2v) is 5.87. The first-order valence-electron chi connectivity index (χ1n) is 7.28. The molecule has 0 radical (unpaired) electrons. The predicted octanol–water partition coefficient (Wildman–Crippen LogP) is 2.96. The normalized spacial score (nSPS) is 11.9. The standard InChI is InChI=1S/C16H16N4O3S/c1-10-18-15(20-23-10)12-4-2-3-5-13(12)19-16(22)17-8-14(21)11-6-7-24-9-11/h2-7,9,14,21H,8H2,1H3,(H2,17,19,22). The monoisotopic (exact) mass is 344 g/mol. The van der Waals surface area contributed by atoms with Gasteiger partial charge >= 0.3 is 6.03 Å². The van der Waals surface area contributed by atoms with Crippen molar-refractivity contribution in [3.8, 4) is 11.4 Å². The Morgan fingerprint density at radius 1 is 1.38 bits per heavy atom. The average Bonchev–Trinajstić information content (AvgIpc) is 3.25. The number of benzene rings is 1. The number of thiophene rings is 1. The fraction of sp³-hybridized carbons (Fsp3) is 0.188. The van der Waals surface area contributed by atoms with E-state index in [-0.39, 0.29) is 6.54 Å². The molecule has 0 aliphatic heterocycles. The molecular weight excluding hydrogens is 328 g/mol. The van der Waals surface area contributed by atoms with E-state index in [1.807, 2.05) is 22.9 Å². The Labute approximate surface area is 142 Å². The highest BCUT2D eigenvalue weighted by molar-refractivity contribution is 7.07. The van der Waals surface area contributed by atoms with Crippen LogP contribution in [0.4, 0.5) is 10.5 Å². The lowest BCUT2D eigenvalue weighted by Crippen LogP contribution is -2.32. The SMILES string of the molecule is Cc1nc(-c2ccccc2NC(=O)NCC(O)c2ccsc2)no1. The Balaban J connectivity index is 1.64. The molecule has 3 rings (SSSR count). The van der Waals surface area contributed by atoms with Crippen molar-refractivity contribution in [1.29, 1.82) is 0 Å². The van der Waals surface area contributed by atoms with Gasteiger partial charge in [-0.15, -0.1) is 0 Å². The summed E-state index contributed by atoms with van der Waals surface area (Å²) in [5, 5.41) is 23.0. The average molecular weight is 344 g/mol. The van der Waals surface area contributed by atoms with Gasteiger partial charge in [0.15, 0.2) is 0 Å². The highest BCUT2D eigenvalue weighted by atomic mass is 32.1. The molecule has 3 N–H and O–H groups in total. The van der Waals surface area contributed by atoms with E-state index in [0.29, 0.717) is 23.0 Å². The van der Waals surface area contributed by atoms with Gasteiger partial charge in [-0.05, 0) is 34.5 Å². The molecule has 0 saturated heterocycles. The van der Waals surface area contributed by atoms with Gasteiger partial charge in [-0.2, -0.15) is 16.3 Å². The Bertz CT molecular complexity index is 816. The number of aryl methyl sites for hydroxylation is 1. The minimum absolute atomic E-state index is 0.117. The molecule has 0 bridgehead atoms. The number of hydrogen-bond donors (Lipinski definition) is 3. The number of aliphatic hydroxyl groups is 1. The van der Waals surface area contributed by atoms with Crippen LogP contribution in [0.3, 0.4) is 0 Å². The third kappa shape index (κ3) is 3.79. The number of para-hydroxylation sites is 1. The smallest absolute Gasteiger partial charge is 0.319 e. The molecule has 2 amide bonds. The molecule has 1 atom stereocenters. The molecule has 1 aromatic carbocycles. The van der Waals surface area contributed by atoms with Crippen LogP contribution >= 0.6 is 11.3 Å². The second kappa shape index (κ2) is 7.24. The Morgan fingerprint density at radius 3 is 2.92 bits per heavy atom. The van der Waals surface area contributed by atoms with Crippen LogP contribution < -0.4 is 10.6 Å². The van der Waals surface area contributed by atoms with Gasteiger partial charge in [-0.1, -0.05) is 17.3 Å². The van der Waals surface area contributed by atoms with Crippen molar-refractivity contribution in [3.63, 3.8) is 0 Å². The summed E-state index contributed by atoms with van der Waals surface area (Å²) < 4.78 is 4.98. The van der Waals surface area contributed by atoms with Crippen molar-refractivity contribution in [2.45, 2.75) is 13.0 Å². The zero-order chi connectivity index (χ0) is 16.9. The summed E-state index contributed by atoms with van der Waals surface area (Å²) in [7, 11) is 0. The van der Waals surface area contributed by atoms with E-state index >= 15 is 0 Å². The van der Waals surface area contributed by atoms with Crippen LogP contribution in [-0.4, -0.2) is 27.8 Å². The summed E-state index contributed by atoms with van der Waals surface area (Å²) in [6.45, 7) is 1.82. The third-order valence-electron chi connectivity index (χ3n) is 3.33. The van der Waals surface area contributed by atoms with Crippen LogP contribution in [0, 0.1) is 6.92 Å². The fourth-order valence-corrected chi connectivity index (χ4v) is 2.84. The van der Waals surface area contributed by atoms with Crippen molar-refractivity contribution in [3.05, 3.63) is 52.5 Å². The fourth-order valence-electron chi connectivity index (χ4n) is 2.13. The van der Waals surface area contributed by atoms with Gasteiger partial charge in [-0.3, -0.25) is 0 Å². The lowest BCUT2D eigenvalue weighted by atomic mass is 10.1. The van der Waals surface area contributed by atoms with Crippen molar-refractivity contribution in [2.24, 2.45) is 0 Å². The first-order valence-corrected chi connectivity index (χ1v) is 8.22. The number of urea groups is 1. The maximum absolute atomic E-state index is 12.1. The molecule has 0 saturated carbocycles. The summed E-state index contributed by atoms with van der Waals surface area (Å²) in [4.78, 5) is 16.2. The van der Waals surface area contributed by atoms with Gasteiger partial charge in [0.05, 0.1) is 11.8 Å². The number of carbonyl (C=O) groups excluding carboxylic acids is 1. The number of amides is 2. The van der Waals surface area contributed by atoms with E-state index in [2.05, 4.69) is 20.8 Å². The topological polar surface area (TPSA) is 100 Å². The lowest BCUT2D eigenvalue weighted by Gasteiger charge is -2.13. The van der Waals surface area contributed by atoms with E-state index in [1.165, 1.54) is 11.3 Å². The predicted molar refractivity (Wildman–Crippen MR) is 90.8 cm³/mol. The third-order valence-corrected chi connectivity index (χ3v) is 4.03. The van der Waals surface area contributed by atoms with Crippen molar-refractivity contribution in [1.82, 2.24) is 15.5 Å². The molecule has 0 aliphatic rings. The molecule has 7 nitrogen and oxygen atoms in total. The van der Waals surface area contributed by atoms with E-state index in [9.17, 15) is 9.90 Å². The molecule has 2 aromatic heterocycles. The van der Waals surface area contributed by atoms with Crippen LogP contribution in [0.1, 0.15) is 17.6 Å². The number of nitrogens with zero attached hydrogens (tertiary/aromatic N) is 2. The minimum Gasteiger partial charge on any atom is -0.387 e. The lowest BCUT2D eigenvalue weighted by molar-refractivity contribution is 0.175. The zero-order valence-corrected chi connectivity index (χ0v) is 13.7. The van der Waals surface area contributed by atoms with Crippen LogP contribution in [0.15, 0.2) is 45.6 Å². The van der Waals surface area contributed by atoms with Crippen LogP contribution in [0.25, 0.3) is 11.4 Å².